The summed E-state index contributed by atoms with van der Waals surface area (Å²) in [4.78, 5) is 18.2. The van der Waals surface area contributed by atoms with Gasteiger partial charge in [-0.25, -0.2) is 4.99 Å². The zero-order valence-corrected chi connectivity index (χ0v) is 16.2. The maximum atomic E-state index is 12.0. The fourth-order valence-electron chi connectivity index (χ4n) is 4.63. The molecule has 1 aliphatic heterocycles. The minimum atomic E-state index is 0.0275. The molecule has 0 bridgehead atoms. The first-order valence-corrected chi connectivity index (χ1v) is 9.79. The number of rotatable bonds is 4. The number of hydrogen-bond donors (Lipinski definition) is 2. The van der Waals surface area contributed by atoms with E-state index in [1.54, 1.807) is 19.0 Å². The fourth-order valence-corrected chi connectivity index (χ4v) is 4.63. The molecule has 2 aliphatic carbocycles. The Morgan fingerprint density at radius 1 is 1.16 bits per heavy atom. The molecule has 2 N–H and O–H groups in total. The van der Waals surface area contributed by atoms with Gasteiger partial charge in [0.05, 0.1) is 6.10 Å². The number of carbonyl (C=O) groups is 1. The van der Waals surface area contributed by atoms with Gasteiger partial charge in [0.25, 0.3) is 0 Å². The Labute approximate surface area is 151 Å². The predicted octanol–water partition coefficient (Wildman–Crippen LogP) is 1.76. The summed E-state index contributed by atoms with van der Waals surface area (Å²) in [5.41, 5.74) is 0.0989. The average Bonchev–Trinajstić information content (AvgIpc) is 3.04. The molecule has 2 saturated carbocycles. The van der Waals surface area contributed by atoms with Crippen LogP contribution in [0.15, 0.2) is 4.99 Å². The van der Waals surface area contributed by atoms with Crippen LogP contribution in [0.4, 0.5) is 0 Å². The van der Waals surface area contributed by atoms with Crippen LogP contribution >= 0.6 is 0 Å². The number of guanidine groups is 1. The Morgan fingerprint density at radius 3 is 2.56 bits per heavy atom. The highest BCUT2D eigenvalue weighted by Crippen LogP contribution is 2.52. The Balaban J connectivity index is 1.67. The van der Waals surface area contributed by atoms with Crippen LogP contribution in [0.25, 0.3) is 0 Å². The van der Waals surface area contributed by atoms with Crippen LogP contribution in [-0.2, 0) is 9.53 Å². The molecule has 0 spiro atoms. The number of ether oxygens (including phenoxy) is 1. The van der Waals surface area contributed by atoms with Gasteiger partial charge in [0.15, 0.2) is 5.96 Å². The number of aliphatic imine (C=N–C) groups is 1. The van der Waals surface area contributed by atoms with Crippen LogP contribution in [0.1, 0.15) is 52.4 Å². The SMILES string of the molecule is CN(C)C(=O)CN=C(NC1CCCCC1)NC1C2CCOC2C1(C)C. The normalized spacial score (nSPS) is 31.8. The molecule has 1 amide bonds. The number of hydrogen-bond acceptors (Lipinski definition) is 3. The molecule has 6 nitrogen and oxygen atoms in total. The van der Waals surface area contributed by atoms with Gasteiger partial charge in [-0.15, -0.1) is 0 Å². The van der Waals surface area contributed by atoms with E-state index in [1.165, 1.54) is 32.1 Å². The lowest BCUT2D eigenvalue weighted by Gasteiger charge is -2.55. The van der Waals surface area contributed by atoms with Gasteiger partial charge in [0.1, 0.15) is 6.54 Å². The second-order valence-electron chi connectivity index (χ2n) is 8.62. The summed E-state index contributed by atoms with van der Waals surface area (Å²) < 4.78 is 5.90. The third-order valence-corrected chi connectivity index (χ3v) is 6.21. The van der Waals surface area contributed by atoms with E-state index in [0.29, 0.717) is 24.1 Å². The van der Waals surface area contributed by atoms with Gasteiger partial charge < -0.3 is 20.3 Å². The van der Waals surface area contributed by atoms with E-state index in [-0.39, 0.29) is 17.9 Å². The van der Waals surface area contributed by atoms with Crippen molar-refractivity contribution in [2.75, 3.05) is 27.2 Å². The van der Waals surface area contributed by atoms with Crippen molar-refractivity contribution in [3.8, 4) is 0 Å². The largest absolute Gasteiger partial charge is 0.377 e. The molecule has 6 heteroatoms. The molecule has 0 aromatic carbocycles. The summed E-state index contributed by atoms with van der Waals surface area (Å²) in [5, 5.41) is 7.24. The first kappa shape index (κ1) is 18.5. The van der Waals surface area contributed by atoms with Gasteiger partial charge in [-0.05, 0) is 19.3 Å². The summed E-state index contributed by atoms with van der Waals surface area (Å²) >= 11 is 0. The number of amides is 1. The minimum absolute atomic E-state index is 0.0275. The highest BCUT2D eigenvalue weighted by molar-refractivity contribution is 5.85. The fraction of sp³-hybridized carbons (Fsp3) is 0.895. The standard InChI is InChI=1S/C19H34N4O2/c1-19(2)16(14-10-11-25-17(14)19)22-18(20-12-15(24)23(3)4)21-13-8-6-5-7-9-13/h13-14,16-17H,5-12H2,1-4H3,(H2,20,21,22). The third kappa shape index (κ3) is 3.94. The van der Waals surface area contributed by atoms with E-state index in [2.05, 4.69) is 29.5 Å². The molecule has 3 aliphatic rings. The number of likely N-dealkylation sites (N-methyl/N-ethyl adjacent to an activating group) is 1. The van der Waals surface area contributed by atoms with Crippen molar-refractivity contribution >= 4 is 11.9 Å². The van der Waals surface area contributed by atoms with Gasteiger partial charge in [-0.1, -0.05) is 33.1 Å². The molecule has 3 atom stereocenters. The quantitative estimate of drug-likeness (QED) is 0.599. The van der Waals surface area contributed by atoms with Crippen molar-refractivity contribution in [2.24, 2.45) is 16.3 Å². The molecule has 1 saturated heterocycles. The topological polar surface area (TPSA) is 66.0 Å². The van der Waals surface area contributed by atoms with E-state index in [4.69, 9.17) is 4.74 Å². The molecular formula is C19H34N4O2. The van der Waals surface area contributed by atoms with Gasteiger partial charge in [-0.3, -0.25) is 4.79 Å². The Hall–Kier alpha value is -1.30. The first-order chi connectivity index (χ1) is 11.9. The number of nitrogens with one attached hydrogen (secondary N) is 2. The smallest absolute Gasteiger partial charge is 0.243 e. The monoisotopic (exact) mass is 350 g/mol. The Kier molecular flexibility index (Phi) is 5.56. The maximum Gasteiger partial charge on any atom is 0.243 e. The van der Waals surface area contributed by atoms with E-state index in [0.717, 1.165) is 19.0 Å². The lowest BCUT2D eigenvalue weighted by molar-refractivity contribution is -0.127. The van der Waals surface area contributed by atoms with Gasteiger partial charge in [0.2, 0.25) is 5.91 Å². The number of nitrogens with zero attached hydrogens (tertiary/aromatic N) is 2. The molecule has 25 heavy (non-hydrogen) atoms. The van der Waals surface area contributed by atoms with Crippen molar-refractivity contribution in [3.63, 3.8) is 0 Å². The summed E-state index contributed by atoms with van der Waals surface area (Å²) in [6.07, 6.45) is 7.71. The predicted molar refractivity (Wildman–Crippen MR) is 99.6 cm³/mol. The van der Waals surface area contributed by atoms with Crippen molar-refractivity contribution in [1.82, 2.24) is 15.5 Å². The zero-order valence-electron chi connectivity index (χ0n) is 16.2. The second-order valence-corrected chi connectivity index (χ2v) is 8.62. The molecule has 1 heterocycles. The van der Waals surface area contributed by atoms with Crippen molar-refractivity contribution in [1.29, 1.82) is 0 Å². The van der Waals surface area contributed by atoms with Crippen LogP contribution in [0.5, 0.6) is 0 Å². The number of fused-ring (bicyclic) bond motifs is 1. The molecule has 0 aromatic heterocycles. The highest BCUT2D eigenvalue weighted by Gasteiger charge is 2.59. The van der Waals surface area contributed by atoms with E-state index < -0.39 is 0 Å². The first-order valence-electron chi connectivity index (χ1n) is 9.79. The second kappa shape index (κ2) is 7.52. The molecule has 3 fully saturated rings. The maximum absolute atomic E-state index is 12.0. The third-order valence-electron chi connectivity index (χ3n) is 6.21. The summed E-state index contributed by atoms with van der Waals surface area (Å²) in [6.45, 7) is 5.58. The van der Waals surface area contributed by atoms with Gasteiger partial charge >= 0.3 is 0 Å². The van der Waals surface area contributed by atoms with Crippen LogP contribution < -0.4 is 10.6 Å². The van der Waals surface area contributed by atoms with Crippen molar-refractivity contribution < 1.29 is 9.53 Å². The van der Waals surface area contributed by atoms with Crippen LogP contribution in [0.2, 0.25) is 0 Å². The average molecular weight is 351 g/mol. The van der Waals surface area contributed by atoms with Crippen LogP contribution in [0, 0.1) is 11.3 Å². The lowest BCUT2D eigenvalue weighted by Crippen LogP contribution is -2.68. The van der Waals surface area contributed by atoms with E-state index in [9.17, 15) is 4.79 Å². The minimum Gasteiger partial charge on any atom is -0.377 e. The Morgan fingerprint density at radius 2 is 1.88 bits per heavy atom. The van der Waals surface area contributed by atoms with Gasteiger partial charge in [0, 0.05) is 44.1 Å². The summed E-state index contributed by atoms with van der Waals surface area (Å²) in [7, 11) is 3.55. The molecule has 3 unspecified atom stereocenters. The molecule has 0 aromatic rings. The molecule has 142 valence electrons. The van der Waals surface area contributed by atoms with Crippen molar-refractivity contribution in [2.45, 2.75) is 70.6 Å². The summed E-state index contributed by atoms with van der Waals surface area (Å²) in [6, 6.07) is 0.817. The van der Waals surface area contributed by atoms with E-state index in [1.807, 2.05) is 0 Å². The van der Waals surface area contributed by atoms with Crippen LogP contribution in [0.3, 0.4) is 0 Å². The summed E-state index contributed by atoms with van der Waals surface area (Å²) in [5.74, 6) is 1.38. The Bertz CT molecular complexity index is 512. The lowest BCUT2D eigenvalue weighted by atomic mass is 9.57. The molecular weight excluding hydrogens is 316 g/mol. The van der Waals surface area contributed by atoms with Crippen LogP contribution in [-0.4, -0.2) is 62.2 Å². The zero-order chi connectivity index (χ0) is 18.0. The van der Waals surface area contributed by atoms with E-state index >= 15 is 0 Å². The number of carbonyl (C=O) groups excluding carboxylic acids is 1. The molecule has 0 radical (unpaired) electrons. The molecule has 3 rings (SSSR count). The van der Waals surface area contributed by atoms with Crippen molar-refractivity contribution in [3.05, 3.63) is 0 Å². The van der Waals surface area contributed by atoms with Gasteiger partial charge in [-0.2, -0.15) is 0 Å². The highest BCUT2D eigenvalue weighted by atomic mass is 16.5.